The molecule has 0 aromatic heterocycles. The summed E-state index contributed by atoms with van der Waals surface area (Å²) in [6.45, 7) is 2.76. The third kappa shape index (κ3) is 11.7. The van der Waals surface area contributed by atoms with Crippen LogP contribution in [-0.4, -0.2) is 59.6 Å². The van der Waals surface area contributed by atoms with Crippen molar-refractivity contribution in [3.63, 3.8) is 0 Å². The van der Waals surface area contributed by atoms with Gasteiger partial charge in [0.05, 0.1) is 13.2 Å². The summed E-state index contributed by atoms with van der Waals surface area (Å²) in [6, 6.07) is 0. The van der Waals surface area contributed by atoms with Crippen LogP contribution in [-0.2, 0) is 9.47 Å². The second-order valence-corrected chi connectivity index (χ2v) is 8.40. The minimum absolute atomic E-state index is 0.279. The highest BCUT2D eigenvalue weighted by molar-refractivity contribution is 4.88. The van der Waals surface area contributed by atoms with Crippen LogP contribution in [0.2, 0.25) is 0 Å². The number of hydrogen-bond donors (Lipinski definition) is 3. The molecule has 5 nitrogen and oxygen atoms in total. The van der Waals surface area contributed by atoms with E-state index in [0.29, 0.717) is 6.61 Å². The van der Waals surface area contributed by atoms with Gasteiger partial charge in [0.25, 0.3) is 0 Å². The normalized spacial score (nSPS) is 23.4. The van der Waals surface area contributed by atoms with Gasteiger partial charge in [-0.1, -0.05) is 96.8 Å². The molecule has 0 saturated carbocycles. The molecule has 1 aliphatic heterocycles. The average Bonchev–Trinajstić information content (AvgIpc) is 3.07. The van der Waals surface area contributed by atoms with E-state index >= 15 is 0 Å². The Bertz CT molecular complexity index is 339. The standard InChI is InChI=1S/C23H46O5/c1-2-3-4-5-6-7-8-9-10-11-12-13-14-15-16-17-27-21-19-28-23(22(21)26)20(25)18-24/h20-26H,2-19H2,1H3/t20-,21+,22-,23-/m1/s1. The molecule has 1 fully saturated rings. The number of aliphatic hydroxyl groups excluding tert-OH is 3. The van der Waals surface area contributed by atoms with Crippen molar-refractivity contribution in [3.05, 3.63) is 0 Å². The zero-order valence-corrected chi connectivity index (χ0v) is 18.2. The van der Waals surface area contributed by atoms with Crippen LogP contribution in [0.3, 0.4) is 0 Å². The summed E-state index contributed by atoms with van der Waals surface area (Å²) in [4.78, 5) is 0. The fourth-order valence-corrected chi connectivity index (χ4v) is 3.91. The minimum atomic E-state index is -1.05. The van der Waals surface area contributed by atoms with Crippen LogP contribution in [0.1, 0.15) is 103 Å². The maximum Gasteiger partial charge on any atom is 0.114 e. The molecule has 0 aliphatic carbocycles. The molecule has 168 valence electrons. The van der Waals surface area contributed by atoms with Gasteiger partial charge in [-0.25, -0.2) is 0 Å². The Labute approximate surface area is 172 Å². The van der Waals surface area contributed by atoms with Crippen LogP contribution >= 0.6 is 0 Å². The zero-order chi connectivity index (χ0) is 20.5. The Balaban J connectivity index is 1.80. The van der Waals surface area contributed by atoms with Crippen molar-refractivity contribution < 1.29 is 24.8 Å². The van der Waals surface area contributed by atoms with E-state index in [-0.39, 0.29) is 6.61 Å². The average molecular weight is 403 g/mol. The van der Waals surface area contributed by atoms with Gasteiger partial charge >= 0.3 is 0 Å². The van der Waals surface area contributed by atoms with E-state index in [4.69, 9.17) is 14.6 Å². The second-order valence-electron chi connectivity index (χ2n) is 8.40. The maximum atomic E-state index is 10.1. The van der Waals surface area contributed by atoms with E-state index in [2.05, 4.69) is 6.92 Å². The first-order valence-electron chi connectivity index (χ1n) is 11.9. The minimum Gasteiger partial charge on any atom is -0.394 e. The van der Waals surface area contributed by atoms with Crippen molar-refractivity contribution in [2.75, 3.05) is 19.8 Å². The molecule has 3 N–H and O–H groups in total. The van der Waals surface area contributed by atoms with Crippen LogP contribution in [0, 0.1) is 0 Å². The predicted molar refractivity (Wildman–Crippen MR) is 114 cm³/mol. The van der Waals surface area contributed by atoms with Gasteiger partial charge in [0.2, 0.25) is 0 Å². The lowest BCUT2D eigenvalue weighted by Gasteiger charge is -2.20. The lowest BCUT2D eigenvalue weighted by molar-refractivity contribution is -0.0730. The largest absolute Gasteiger partial charge is 0.394 e. The van der Waals surface area contributed by atoms with Crippen LogP contribution in [0.5, 0.6) is 0 Å². The van der Waals surface area contributed by atoms with E-state index in [1.54, 1.807) is 0 Å². The lowest BCUT2D eigenvalue weighted by Crippen LogP contribution is -2.41. The van der Waals surface area contributed by atoms with Gasteiger partial charge in [0.1, 0.15) is 24.4 Å². The molecule has 0 unspecified atom stereocenters. The summed E-state index contributed by atoms with van der Waals surface area (Å²) in [7, 11) is 0. The third-order valence-corrected chi connectivity index (χ3v) is 5.82. The summed E-state index contributed by atoms with van der Waals surface area (Å²) in [5.41, 5.74) is 0. The molecule has 1 aliphatic rings. The molecule has 1 rings (SSSR count). The fourth-order valence-electron chi connectivity index (χ4n) is 3.91. The molecule has 0 spiro atoms. The van der Waals surface area contributed by atoms with E-state index < -0.39 is 31.0 Å². The first-order chi connectivity index (χ1) is 13.7. The Kier molecular flexibility index (Phi) is 16.3. The van der Waals surface area contributed by atoms with E-state index in [0.717, 1.165) is 12.8 Å². The van der Waals surface area contributed by atoms with E-state index in [1.165, 1.54) is 83.5 Å². The molecule has 28 heavy (non-hydrogen) atoms. The Morgan fingerprint density at radius 3 is 1.75 bits per heavy atom. The second kappa shape index (κ2) is 17.6. The molecule has 4 atom stereocenters. The quantitative estimate of drug-likeness (QED) is 0.280. The number of hydrogen-bond acceptors (Lipinski definition) is 5. The van der Waals surface area contributed by atoms with Crippen molar-refractivity contribution in [1.82, 2.24) is 0 Å². The number of unbranched alkanes of at least 4 members (excludes halogenated alkanes) is 14. The van der Waals surface area contributed by atoms with Crippen molar-refractivity contribution >= 4 is 0 Å². The lowest BCUT2D eigenvalue weighted by atomic mass is 10.0. The predicted octanol–water partition coefficient (Wildman–Crippen LogP) is 4.36. The summed E-state index contributed by atoms with van der Waals surface area (Å²) in [6.07, 6.45) is 17.0. The van der Waals surface area contributed by atoms with E-state index in [9.17, 15) is 10.2 Å². The molecule has 0 aromatic carbocycles. The van der Waals surface area contributed by atoms with Crippen LogP contribution < -0.4 is 0 Å². The summed E-state index contributed by atoms with van der Waals surface area (Å²) >= 11 is 0. The number of ether oxygens (including phenoxy) is 2. The van der Waals surface area contributed by atoms with Gasteiger partial charge in [-0.2, -0.15) is 0 Å². The smallest absolute Gasteiger partial charge is 0.114 e. The molecule has 0 bridgehead atoms. The zero-order valence-electron chi connectivity index (χ0n) is 18.2. The molecule has 5 heteroatoms. The van der Waals surface area contributed by atoms with Crippen molar-refractivity contribution in [2.24, 2.45) is 0 Å². The monoisotopic (exact) mass is 402 g/mol. The fraction of sp³-hybridized carbons (Fsp3) is 1.00. The Hall–Kier alpha value is -0.200. The number of aliphatic hydroxyl groups is 3. The van der Waals surface area contributed by atoms with Gasteiger partial charge in [-0.15, -0.1) is 0 Å². The van der Waals surface area contributed by atoms with Crippen molar-refractivity contribution in [1.29, 1.82) is 0 Å². The molecule has 1 saturated heterocycles. The van der Waals surface area contributed by atoms with Gasteiger partial charge in [-0.3, -0.25) is 0 Å². The SMILES string of the molecule is CCCCCCCCCCCCCCCCCO[C@H]1CO[C@H]([C@H](O)CO)[C@@H]1O. The Morgan fingerprint density at radius 1 is 0.821 bits per heavy atom. The van der Waals surface area contributed by atoms with Gasteiger partial charge in [0, 0.05) is 6.61 Å². The molecular weight excluding hydrogens is 356 g/mol. The first kappa shape index (κ1) is 25.8. The molecule has 0 radical (unpaired) electrons. The van der Waals surface area contributed by atoms with Crippen LogP contribution in [0.4, 0.5) is 0 Å². The van der Waals surface area contributed by atoms with Crippen LogP contribution in [0.25, 0.3) is 0 Å². The van der Waals surface area contributed by atoms with Crippen molar-refractivity contribution in [3.8, 4) is 0 Å². The molecule has 0 amide bonds. The molecular formula is C23H46O5. The highest BCUT2D eigenvalue weighted by atomic mass is 16.6. The Morgan fingerprint density at radius 2 is 1.29 bits per heavy atom. The topological polar surface area (TPSA) is 79.2 Å². The molecule has 1 heterocycles. The van der Waals surface area contributed by atoms with Gasteiger partial charge in [0.15, 0.2) is 0 Å². The van der Waals surface area contributed by atoms with Crippen molar-refractivity contribution in [2.45, 2.75) is 128 Å². The number of rotatable bonds is 19. The first-order valence-corrected chi connectivity index (χ1v) is 11.9. The summed E-state index contributed by atoms with van der Waals surface area (Å²) in [5, 5.41) is 28.6. The van der Waals surface area contributed by atoms with Gasteiger partial charge < -0.3 is 24.8 Å². The third-order valence-electron chi connectivity index (χ3n) is 5.82. The van der Waals surface area contributed by atoms with E-state index in [1.807, 2.05) is 0 Å². The van der Waals surface area contributed by atoms with Gasteiger partial charge in [-0.05, 0) is 6.42 Å². The van der Waals surface area contributed by atoms with Crippen LogP contribution in [0.15, 0.2) is 0 Å². The maximum absolute atomic E-state index is 10.1. The molecule has 0 aromatic rings. The summed E-state index contributed by atoms with van der Waals surface area (Å²) in [5.74, 6) is 0. The summed E-state index contributed by atoms with van der Waals surface area (Å²) < 4.78 is 11.0. The highest BCUT2D eigenvalue weighted by Crippen LogP contribution is 2.20. The highest BCUT2D eigenvalue weighted by Gasteiger charge is 2.40.